The fourth-order valence-corrected chi connectivity index (χ4v) is 3.25. The molecule has 1 aromatic rings. The Balaban J connectivity index is 2.81. The van der Waals surface area contributed by atoms with E-state index in [1.54, 1.807) is 21.3 Å². The van der Waals surface area contributed by atoms with Gasteiger partial charge in [-0.05, 0) is 38.1 Å². The van der Waals surface area contributed by atoms with Gasteiger partial charge in [0.2, 0.25) is 0 Å². The summed E-state index contributed by atoms with van der Waals surface area (Å²) in [6, 6.07) is 8.17. The molecule has 108 valence electrons. The third kappa shape index (κ3) is 3.94. The lowest BCUT2D eigenvalue weighted by molar-refractivity contribution is 0.132. The lowest BCUT2D eigenvalue weighted by Gasteiger charge is -2.26. The second-order valence-electron chi connectivity index (χ2n) is 4.01. The van der Waals surface area contributed by atoms with Crippen molar-refractivity contribution in [2.45, 2.75) is 13.8 Å². The van der Waals surface area contributed by atoms with Gasteiger partial charge in [-0.15, -0.1) is 0 Å². The number of hydrogen-bond donors (Lipinski definition) is 1. The van der Waals surface area contributed by atoms with Gasteiger partial charge in [0.25, 0.3) is 0 Å². The molecule has 0 atom stereocenters. The van der Waals surface area contributed by atoms with Gasteiger partial charge in [0.15, 0.2) is 0 Å². The van der Waals surface area contributed by atoms with Gasteiger partial charge < -0.3 is 23.2 Å². The maximum atomic E-state index is 5.33. The molecular weight excluding hydrogens is 260 g/mol. The minimum Gasteiger partial charge on any atom is -0.372 e. The molecule has 0 aliphatic heterocycles. The number of nitrogens with one attached hydrogen (secondary N) is 1. The summed E-state index contributed by atoms with van der Waals surface area (Å²) in [7, 11) is 1.96. The first kappa shape index (κ1) is 16.0. The molecular formula is C13H24N2O3Si. The monoisotopic (exact) mass is 284 g/mol. The third-order valence-electron chi connectivity index (χ3n) is 3.10. The molecule has 0 heterocycles. The zero-order chi connectivity index (χ0) is 14.3. The summed E-state index contributed by atoms with van der Waals surface area (Å²) in [5.41, 5.74) is 2.13. The van der Waals surface area contributed by atoms with Crippen LogP contribution in [0.1, 0.15) is 13.8 Å². The molecule has 0 fully saturated rings. The average molecular weight is 284 g/mol. The van der Waals surface area contributed by atoms with E-state index in [1.807, 2.05) is 12.1 Å². The van der Waals surface area contributed by atoms with Gasteiger partial charge in [-0.3, -0.25) is 0 Å². The highest BCUT2D eigenvalue weighted by atomic mass is 28.4. The normalized spacial score (nSPS) is 11.4. The van der Waals surface area contributed by atoms with E-state index in [-0.39, 0.29) is 0 Å². The predicted molar refractivity (Wildman–Crippen MR) is 80.4 cm³/mol. The summed E-state index contributed by atoms with van der Waals surface area (Å²) in [6.07, 6.45) is 0. The largest absolute Gasteiger partial charge is 0.630 e. The van der Waals surface area contributed by atoms with Gasteiger partial charge in [-0.2, -0.15) is 0 Å². The van der Waals surface area contributed by atoms with Crippen molar-refractivity contribution in [2.75, 3.05) is 44.3 Å². The first-order chi connectivity index (χ1) is 9.14. The average Bonchev–Trinajstić information content (AvgIpc) is 2.48. The standard InChI is InChI=1S/C13H24N2O3Si/c1-6-15(7-2)13-10-8-12(9-11-13)14-19(16-3,17-4)18-5/h8-11,14H,6-7H2,1-5H3. The van der Waals surface area contributed by atoms with Crippen LogP contribution in [0.25, 0.3) is 0 Å². The van der Waals surface area contributed by atoms with Crippen molar-refractivity contribution < 1.29 is 13.3 Å². The SMILES string of the molecule is CCN(CC)c1ccc(N[Si](OC)(OC)OC)cc1. The lowest BCUT2D eigenvalue weighted by atomic mass is 10.2. The van der Waals surface area contributed by atoms with Gasteiger partial charge in [0, 0.05) is 45.8 Å². The Bertz CT molecular complexity index is 356. The number of nitrogens with zero attached hydrogens (tertiary/aromatic N) is 1. The summed E-state index contributed by atoms with van der Waals surface area (Å²) in [5, 5.41) is 0. The highest BCUT2D eigenvalue weighted by Crippen LogP contribution is 2.20. The van der Waals surface area contributed by atoms with Gasteiger partial charge in [-0.1, -0.05) is 0 Å². The van der Waals surface area contributed by atoms with Crippen LogP contribution >= 0.6 is 0 Å². The van der Waals surface area contributed by atoms with Crippen molar-refractivity contribution in [3.05, 3.63) is 24.3 Å². The quantitative estimate of drug-likeness (QED) is 0.742. The molecule has 0 unspecified atom stereocenters. The van der Waals surface area contributed by atoms with Crippen LogP contribution in [0.2, 0.25) is 0 Å². The van der Waals surface area contributed by atoms with Crippen LogP contribution in [0, 0.1) is 0 Å². The first-order valence-corrected chi connectivity index (χ1v) is 8.15. The summed E-state index contributed by atoms with van der Waals surface area (Å²) in [4.78, 5) is 5.49. The van der Waals surface area contributed by atoms with E-state index in [0.717, 1.165) is 18.8 Å². The molecule has 1 rings (SSSR count). The van der Waals surface area contributed by atoms with Crippen molar-refractivity contribution in [1.82, 2.24) is 0 Å². The van der Waals surface area contributed by atoms with Crippen LogP contribution in [-0.4, -0.2) is 43.4 Å². The van der Waals surface area contributed by atoms with Crippen LogP contribution in [0.15, 0.2) is 24.3 Å². The smallest absolute Gasteiger partial charge is 0.372 e. The number of hydrogen-bond acceptors (Lipinski definition) is 5. The maximum absolute atomic E-state index is 5.33. The molecule has 6 heteroatoms. The van der Waals surface area contributed by atoms with Crippen molar-refractivity contribution in [3.63, 3.8) is 0 Å². The van der Waals surface area contributed by atoms with Crippen LogP contribution in [0.4, 0.5) is 11.4 Å². The minimum atomic E-state index is -2.78. The molecule has 0 aromatic heterocycles. The molecule has 0 saturated heterocycles. The van der Waals surface area contributed by atoms with E-state index in [2.05, 4.69) is 35.9 Å². The van der Waals surface area contributed by atoms with Gasteiger partial charge in [-0.25, -0.2) is 0 Å². The molecule has 1 N–H and O–H groups in total. The Morgan fingerprint density at radius 1 is 0.947 bits per heavy atom. The molecule has 0 bridgehead atoms. The fraction of sp³-hybridized carbons (Fsp3) is 0.538. The summed E-state index contributed by atoms with van der Waals surface area (Å²) < 4.78 is 16.0. The maximum Gasteiger partial charge on any atom is 0.630 e. The summed E-state index contributed by atoms with van der Waals surface area (Å²) in [5.74, 6) is 0. The topological polar surface area (TPSA) is 43.0 Å². The predicted octanol–water partition coefficient (Wildman–Crippen LogP) is 2.32. The highest BCUT2D eigenvalue weighted by molar-refractivity contribution is 6.64. The lowest BCUT2D eigenvalue weighted by Crippen LogP contribution is -2.51. The zero-order valence-corrected chi connectivity index (χ0v) is 13.4. The molecule has 0 aliphatic carbocycles. The minimum absolute atomic E-state index is 0.924. The number of benzene rings is 1. The first-order valence-electron chi connectivity index (χ1n) is 6.43. The zero-order valence-electron chi connectivity index (χ0n) is 12.4. The van der Waals surface area contributed by atoms with E-state index in [9.17, 15) is 0 Å². The van der Waals surface area contributed by atoms with Crippen molar-refractivity contribution in [3.8, 4) is 0 Å². The van der Waals surface area contributed by atoms with Crippen LogP contribution in [0.3, 0.4) is 0 Å². The molecule has 0 aliphatic rings. The van der Waals surface area contributed by atoms with Gasteiger partial charge >= 0.3 is 8.97 Å². The third-order valence-corrected chi connectivity index (χ3v) is 5.31. The van der Waals surface area contributed by atoms with Crippen molar-refractivity contribution >= 4 is 20.3 Å². The van der Waals surface area contributed by atoms with Gasteiger partial charge in [0.1, 0.15) is 0 Å². The van der Waals surface area contributed by atoms with Crippen molar-refractivity contribution in [2.24, 2.45) is 0 Å². The number of anilines is 2. The molecule has 5 nitrogen and oxygen atoms in total. The molecule has 0 spiro atoms. The summed E-state index contributed by atoms with van der Waals surface area (Å²) in [6.45, 7) is 6.29. The Morgan fingerprint density at radius 2 is 1.42 bits per heavy atom. The van der Waals surface area contributed by atoms with Crippen LogP contribution in [-0.2, 0) is 13.3 Å². The Morgan fingerprint density at radius 3 is 1.79 bits per heavy atom. The number of rotatable bonds is 8. The van der Waals surface area contributed by atoms with Crippen molar-refractivity contribution in [1.29, 1.82) is 0 Å². The van der Waals surface area contributed by atoms with Crippen LogP contribution < -0.4 is 9.88 Å². The Hall–Kier alpha value is -1.08. The Labute approximate surface area is 116 Å². The fourth-order valence-electron chi connectivity index (χ4n) is 1.92. The molecule has 1 aromatic carbocycles. The van der Waals surface area contributed by atoms with E-state index in [1.165, 1.54) is 5.69 Å². The molecule has 0 saturated carbocycles. The van der Waals surface area contributed by atoms with Crippen LogP contribution in [0.5, 0.6) is 0 Å². The summed E-state index contributed by atoms with van der Waals surface area (Å²) >= 11 is 0. The highest BCUT2D eigenvalue weighted by Gasteiger charge is 2.39. The molecule has 0 radical (unpaired) electrons. The molecule has 19 heavy (non-hydrogen) atoms. The van der Waals surface area contributed by atoms with E-state index in [0.29, 0.717) is 0 Å². The van der Waals surface area contributed by atoms with E-state index >= 15 is 0 Å². The van der Waals surface area contributed by atoms with E-state index < -0.39 is 8.97 Å². The van der Waals surface area contributed by atoms with E-state index in [4.69, 9.17) is 13.3 Å². The second kappa shape index (κ2) is 7.49. The molecule has 0 amide bonds. The Kier molecular flexibility index (Phi) is 6.30. The van der Waals surface area contributed by atoms with Gasteiger partial charge in [0.05, 0.1) is 0 Å². The second-order valence-corrected chi connectivity index (χ2v) is 6.60.